The second-order valence-corrected chi connectivity index (χ2v) is 9.05. The van der Waals surface area contributed by atoms with E-state index in [0.717, 1.165) is 34.3 Å². The zero-order valence-corrected chi connectivity index (χ0v) is 20.7. The largest absolute Gasteiger partial charge is 0.497 e. The number of alkyl halides is 3. The molecule has 0 fully saturated rings. The van der Waals surface area contributed by atoms with E-state index in [1.54, 1.807) is 30.2 Å². The van der Waals surface area contributed by atoms with Crippen LogP contribution >= 0.6 is 11.6 Å². The molecule has 6 nitrogen and oxygen atoms in total. The molecule has 0 bridgehead atoms. The first-order chi connectivity index (χ1) is 17.7. The fourth-order valence-electron chi connectivity index (χ4n) is 4.85. The minimum atomic E-state index is -4.65. The van der Waals surface area contributed by atoms with Crippen molar-refractivity contribution in [2.24, 2.45) is 0 Å². The van der Waals surface area contributed by atoms with Crippen LogP contribution in [-0.4, -0.2) is 36.7 Å². The highest BCUT2D eigenvalue weighted by molar-refractivity contribution is 6.31. The minimum Gasteiger partial charge on any atom is -0.497 e. The van der Waals surface area contributed by atoms with E-state index in [4.69, 9.17) is 21.1 Å². The van der Waals surface area contributed by atoms with E-state index in [-0.39, 0.29) is 5.69 Å². The highest BCUT2D eigenvalue weighted by atomic mass is 35.5. The van der Waals surface area contributed by atoms with Crippen LogP contribution in [0.1, 0.15) is 28.4 Å². The Morgan fingerprint density at radius 1 is 1.08 bits per heavy atom. The second-order valence-electron chi connectivity index (χ2n) is 8.64. The summed E-state index contributed by atoms with van der Waals surface area (Å²) in [6, 6.07) is 15.3. The summed E-state index contributed by atoms with van der Waals surface area (Å²) in [7, 11) is 3.08. The van der Waals surface area contributed by atoms with Crippen LogP contribution in [0.2, 0.25) is 5.02 Å². The summed E-state index contributed by atoms with van der Waals surface area (Å²) in [6.07, 6.45) is -4.09. The second kappa shape index (κ2) is 9.55. The molecule has 0 spiro atoms. The Labute approximate surface area is 215 Å². The third-order valence-corrected chi connectivity index (χ3v) is 6.88. The molecule has 10 heteroatoms. The highest BCUT2D eigenvalue weighted by Crippen LogP contribution is 2.43. The summed E-state index contributed by atoms with van der Waals surface area (Å²) in [6.45, 7) is 0.325. The molecule has 0 radical (unpaired) electrons. The van der Waals surface area contributed by atoms with Crippen molar-refractivity contribution >= 4 is 34.2 Å². The number of nitrogens with zero attached hydrogens (tertiary/aromatic N) is 1. The van der Waals surface area contributed by atoms with Crippen LogP contribution in [-0.2, 0) is 12.6 Å². The van der Waals surface area contributed by atoms with E-state index in [9.17, 15) is 18.0 Å². The first-order valence-corrected chi connectivity index (χ1v) is 11.8. The number of rotatable bonds is 4. The third-order valence-electron chi connectivity index (χ3n) is 6.55. The number of benzene rings is 3. The molecule has 192 valence electrons. The number of halogens is 4. The van der Waals surface area contributed by atoms with Crippen molar-refractivity contribution in [1.29, 1.82) is 0 Å². The number of nitrogens with one attached hydrogen (secondary N) is 2. The van der Waals surface area contributed by atoms with Gasteiger partial charge in [-0.25, -0.2) is 4.79 Å². The molecule has 37 heavy (non-hydrogen) atoms. The zero-order chi connectivity index (χ0) is 26.3. The maximum Gasteiger partial charge on any atom is 0.417 e. The number of anilines is 1. The summed E-state index contributed by atoms with van der Waals surface area (Å²) in [4.78, 5) is 18.6. The van der Waals surface area contributed by atoms with Crippen LogP contribution in [0.4, 0.5) is 23.7 Å². The fourth-order valence-corrected chi connectivity index (χ4v) is 5.08. The molecule has 2 heterocycles. The number of hydrogen-bond acceptors (Lipinski definition) is 3. The molecular weight excluding hydrogens is 507 g/mol. The number of fused-ring (bicyclic) bond motifs is 3. The smallest absolute Gasteiger partial charge is 0.417 e. The number of ether oxygens (including phenoxy) is 2. The number of H-pyrrole nitrogens is 1. The van der Waals surface area contributed by atoms with Gasteiger partial charge in [0.05, 0.1) is 24.8 Å². The fraction of sp³-hybridized carbons (Fsp3) is 0.222. The molecule has 2 amide bonds. The van der Waals surface area contributed by atoms with Crippen molar-refractivity contribution in [2.45, 2.75) is 18.6 Å². The van der Waals surface area contributed by atoms with Gasteiger partial charge >= 0.3 is 12.2 Å². The van der Waals surface area contributed by atoms with Crippen molar-refractivity contribution in [3.63, 3.8) is 0 Å². The number of aromatic amines is 1. The van der Waals surface area contributed by atoms with Gasteiger partial charge in [0.15, 0.2) is 0 Å². The number of carbonyl (C=O) groups is 1. The van der Waals surface area contributed by atoms with Gasteiger partial charge in [-0.05, 0) is 54.4 Å². The van der Waals surface area contributed by atoms with Crippen LogP contribution in [0, 0.1) is 0 Å². The zero-order valence-electron chi connectivity index (χ0n) is 19.9. The highest BCUT2D eigenvalue weighted by Gasteiger charge is 2.37. The first-order valence-electron chi connectivity index (χ1n) is 11.5. The topological polar surface area (TPSA) is 66.6 Å². The molecule has 0 saturated heterocycles. The molecule has 0 saturated carbocycles. The number of hydrogen-bond donors (Lipinski definition) is 2. The number of methoxy groups -OCH3 is 2. The Balaban J connectivity index is 1.60. The Bertz CT molecular complexity index is 1490. The summed E-state index contributed by atoms with van der Waals surface area (Å²) in [5.41, 5.74) is 2.45. The van der Waals surface area contributed by atoms with Gasteiger partial charge < -0.3 is 24.7 Å². The number of urea groups is 1. The predicted octanol–water partition coefficient (Wildman–Crippen LogP) is 7.04. The van der Waals surface area contributed by atoms with Gasteiger partial charge in [-0.3, -0.25) is 0 Å². The van der Waals surface area contributed by atoms with Crippen molar-refractivity contribution < 1.29 is 27.4 Å². The summed E-state index contributed by atoms with van der Waals surface area (Å²) >= 11 is 5.75. The summed E-state index contributed by atoms with van der Waals surface area (Å²) in [5, 5.41) is 3.24. The van der Waals surface area contributed by atoms with E-state index < -0.39 is 28.8 Å². The van der Waals surface area contributed by atoms with Crippen molar-refractivity contribution in [2.75, 3.05) is 26.1 Å². The molecule has 1 aliphatic heterocycles. The van der Waals surface area contributed by atoms with Crippen LogP contribution in [0.15, 0.2) is 60.7 Å². The quantitative estimate of drug-likeness (QED) is 0.298. The van der Waals surface area contributed by atoms with Crippen LogP contribution in [0.3, 0.4) is 0 Å². The molecule has 1 aromatic heterocycles. The lowest BCUT2D eigenvalue weighted by Crippen LogP contribution is -2.43. The van der Waals surface area contributed by atoms with E-state index in [2.05, 4.69) is 10.3 Å². The molecular formula is C27H23ClF3N3O3. The lowest BCUT2D eigenvalue weighted by molar-refractivity contribution is -0.137. The molecule has 3 aromatic carbocycles. The molecule has 5 rings (SSSR count). The maximum atomic E-state index is 13.6. The standard InChI is InChI=1S/C27H23ClF3N3O3/c1-36-16-8-10-23(37-2)19(14-16)25-24-18(17-5-3-4-6-22(17)33-24)11-12-34(25)26(35)32-15-7-9-21(28)20(13-15)27(29,30)31/h3-10,13-14,25,33H,11-12H2,1-2H3,(H,32,35). The van der Waals surface area contributed by atoms with Gasteiger partial charge in [-0.15, -0.1) is 0 Å². The molecule has 4 aromatic rings. The molecule has 1 aliphatic rings. The third kappa shape index (κ3) is 4.55. The van der Waals surface area contributed by atoms with E-state index in [1.807, 2.05) is 24.3 Å². The average molecular weight is 530 g/mol. The van der Waals surface area contributed by atoms with E-state index in [1.165, 1.54) is 13.2 Å². The number of para-hydroxylation sites is 1. The normalized spacial score (nSPS) is 15.4. The molecule has 0 aliphatic carbocycles. The van der Waals surface area contributed by atoms with Crippen molar-refractivity contribution in [3.8, 4) is 11.5 Å². The number of amides is 2. The number of carbonyl (C=O) groups excluding carboxylic acids is 1. The Kier molecular flexibility index (Phi) is 6.41. The maximum absolute atomic E-state index is 13.6. The number of aromatic nitrogens is 1. The Hall–Kier alpha value is -3.85. The molecule has 2 N–H and O–H groups in total. The van der Waals surface area contributed by atoms with Gasteiger partial charge in [-0.1, -0.05) is 29.8 Å². The van der Waals surface area contributed by atoms with Gasteiger partial charge in [0.25, 0.3) is 0 Å². The van der Waals surface area contributed by atoms with E-state index >= 15 is 0 Å². The predicted molar refractivity (Wildman–Crippen MR) is 136 cm³/mol. The van der Waals surface area contributed by atoms with Gasteiger partial charge in [0.2, 0.25) is 0 Å². The van der Waals surface area contributed by atoms with Gasteiger partial charge in [0, 0.05) is 34.4 Å². The summed E-state index contributed by atoms with van der Waals surface area (Å²) in [5.74, 6) is 1.12. The van der Waals surface area contributed by atoms with Crippen molar-refractivity contribution in [1.82, 2.24) is 9.88 Å². The van der Waals surface area contributed by atoms with Gasteiger partial charge in [-0.2, -0.15) is 13.2 Å². The van der Waals surface area contributed by atoms with Crippen LogP contribution in [0.25, 0.3) is 10.9 Å². The monoisotopic (exact) mass is 529 g/mol. The van der Waals surface area contributed by atoms with Gasteiger partial charge in [0.1, 0.15) is 17.5 Å². The van der Waals surface area contributed by atoms with E-state index in [0.29, 0.717) is 30.0 Å². The lowest BCUT2D eigenvalue weighted by Gasteiger charge is -2.36. The van der Waals surface area contributed by atoms with Crippen LogP contribution in [0.5, 0.6) is 11.5 Å². The SMILES string of the molecule is COc1ccc(OC)c(C2c3[nH]c4ccccc4c3CCN2C(=O)Nc2ccc(Cl)c(C(F)(F)F)c2)c1. The average Bonchev–Trinajstić information content (AvgIpc) is 3.27. The lowest BCUT2D eigenvalue weighted by atomic mass is 9.92. The van der Waals surface area contributed by atoms with Crippen LogP contribution < -0.4 is 14.8 Å². The first kappa shape index (κ1) is 24.8. The molecule has 1 atom stereocenters. The Morgan fingerprint density at radius 3 is 2.59 bits per heavy atom. The minimum absolute atomic E-state index is 0.0134. The molecule has 1 unspecified atom stereocenters. The van der Waals surface area contributed by atoms with Crippen molar-refractivity contribution in [3.05, 3.63) is 88.1 Å². The summed E-state index contributed by atoms with van der Waals surface area (Å²) < 4.78 is 51.2. The Morgan fingerprint density at radius 2 is 1.86 bits per heavy atom.